The molecule has 0 bridgehead atoms. The van der Waals surface area contributed by atoms with Gasteiger partial charge in [0.15, 0.2) is 0 Å². The number of pyridine rings is 1. The monoisotopic (exact) mass is 283 g/mol. The second-order valence-electron chi connectivity index (χ2n) is 6.05. The van der Waals surface area contributed by atoms with Crippen molar-refractivity contribution in [2.75, 3.05) is 23.8 Å². The average Bonchev–Trinajstić information content (AvgIpc) is 2.55. The molecule has 4 heteroatoms. The largest absolute Gasteiger partial charge is 0.398 e. The predicted molar refractivity (Wildman–Crippen MR) is 85.5 cm³/mol. The van der Waals surface area contributed by atoms with Gasteiger partial charge < -0.3 is 15.4 Å². The van der Waals surface area contributed by atoms with E-state index in [1.807, 2.05) is 18.5 Å². The Morgan fingerprint density at radius 2 is 2.05 bits per heavy atom. The average molecular weight is 283 g/mol. The lowest BCUT2D eigenvalue weighted by atomic mass is 9.89. The molecule has 1 aromatic carbocycles. The van der Waals surface area contributed by atoms with Gasteiger partial charge in [0.2, 0.25) is 0 Å². The van der Waals surface area contributed by atoms with Gasteiger partial charge in [-0.1, -0.05) is 12.8 Å². The molecule has 0 amide bonds. The van der Waals surface area contributed by atoms with Gasteiger partial charge in [0, 0.05) is 41.1 Å². The Balaban J connectivity index is 1.80. The summed E-state index contributed by atoms with van der Waals surface area (Å²) in [6.07, 6.45) is 9.12. The minimum Gasteiger partial charge on any atom is -0.398 e. The highest BCUT2D eigenvalue weighted by Crippen LogP contribution is 2.36. The fourth-order valence-electron chi connectivity index (χ4n) is 3.84. The van der Waals surface area contributed by atoms with Crippen molar-refractivity contribution < 1.29 is 4.74 Å². The molecule has 0 radical (unpaired) electrons. The zero-order chi connectivity index (χ0) is 14.2. The third-order valence-electron chi connectivity index (χ3n) is 4.87. The minimum atomic E-state index is 0.391. The van der Waals surface area contributed by atoms with E-state index in [2.05, 4.69) is 22.0 Å². The van der Waals surface area contributed by atoms with Crippen LogP contribution in [0.2, 0.25) is 0 Å². The van der Waals surface area contributed by atoms with Gasteiger partial charge in [-0.25, -0.2) is 0 Å². The summed E-state index contributed by atoms with van der Waals surface area (Å²) < 4.78 is 5.99. The first-order valence-electron chi connectivity index (χ1n) is 7.85. The van der Waals surface area contributed by atoms with Gasteiger partial charge in [0.05, 0.1) is 18.8 Å². The van der Waals surface area contributed by atoms with Crippen LogP contribution in [0.3, 0.4) is 0 Å². The second-order valence-corrected chi connectivity index (χ2v) is 6.05. The standard InChI is InChI=1S/C17H21N3O/c18-14-5-6-15(12-7-8-19-11-13(12)14)20-9-10-21-17-4-2-1-3-16(17)20/h5-8,11,16-17H,1-4,9-10,18H2. The van der Waals surface area contributed by atoms with Crippen molar-refractivity contribution in [3.8, 4) is 0 Å². The molecule has 4 nitrogen and oxygen atoms in total. The zero-order valence-electron chi connectivity index (χ0n) is 12.2. The molecule has 21 heavy (non-hydrogen) atoms. The van der Waals surface area contributed by atoms with Crippen LogP contribution >= 0.6 is 0 Å². The van der Waals surface area contributed by atoms with Crippen molar-refractivity contribution >= 4 is 22.1 Å². The normalized spacial score (nSPS) is 25.8. The number of hydrogen-bond acceptors (Lipinski definition) is 4. The van der Waals surface area contributed by atoms with Crippen LogP contribution in [-0.4, -0.2) is 30.3 Å². The predicted octanol–water partition coefficient (Wildman–Crippen LogP) is 2.96. The van der Waals surface area contributed by atoms with Crippen LogP contribution in [0.5, 0.6) is 0 Å². The molecule has 2 heterocycles. The summed E-state index contributed by atoms with van der Waals surface area (Å²) in [6, 6.07) is 6.75. The number of ether oxygens (including phenoxy) is 1. The van der Waals surface area contributed by atoms with E-state index in [1.54, 1.807) is 0 Å². The third kappa shape index (κ3) is 2.14. The maximum Gasteiger partial charge on any atom is 0.0779 e. The number of hydrogen-bond donors (Lipinski definition) is 1. The van der Waals surface area contributed by atoms with Gasteiger partial charge in [-0.3, -0.25) is 4.98 Å². The Hall–Kier alpha value is -1.81. The van der Waals surface area contributed by atoms with E-state index in [-0.39, 0.29) is 0 Å². The Morgan fingerprint density at radius 1 is 1.14 bits per heavy atom. The molecule has 110 valence electrons. The molecule has 1 aliphatic heterocycles. The smallest absolute Gasteiger partial charge is 0.0779 e. The molecule has 1 saturated carbocycles. The van der Waals surface area contributed by atoms with E-state index >= 15 is 0 Å². The first-order valence-corrected chi connectivity index (χ1v) is 7.85. The van der Waals surface area contributed by atoms with Crippen molar-refractivity contribution in [2.24, 2.45) is 0 Å². The van der Waals surface area contributed by atoms with Crippen LogP contribution in [0.25, 0.3) is 10.8 Å². The number of benzene rings is 1. The SMILES string of the molecule is Nc1ccc(N2CCOC3CCCCC32)c2ccncc12. The number of nitrogens with two attached hydrogens (primary N) is 1. The number of anilines is 2. The number of morpholine rings is 1. The van der Waals surface area contributed by atoms with Crippen molar-refractivity contribution in [2.45, 2.75) is 37.8 Å². The summed E-state index contributed by atoms with van der Waals surface area (Å²) in [7, 11) is 0. The number of nitrogens with zero attached hydrogens (tertiary/aromatic N) is 2. The van der Waals surface area contributed by atoms with Crippen LogP contribution in [0.1, 0.15) is 25.7 Å². The molecule has 4 rings (SSSR count). The zero-order valence-corrected chi connectivity index (χ0v) is 12.2. The molecule has 2 fully saturated rings. The molecule has 2 aliphatic rings. The van der Waals surface area contributed by atoms with Crippen molar-refractivity contribution in [3.63, 3.8) is 0 Å². The Kier molecular flexibility index (Phi) is 3.19. The summed E-state index contributed by atoms with van der Waals surface area (Å²) in [4.78, 5) is 6.76. The molecule has 2 atom stereocenters. The highest BCUT2D eigenvalue weighted by Gasteiger charge is 2.34. The van der Waals surface area contributed by atoms with Gasteiger partial charge >= 0.3 is 0 Å². The molecular formula is C17H21N3O. The third-order valence-corrected chi connectivity index (χ3v) is 4.87. The van der Waals surface area contributed by atoms with Crippen molar-refractivity contribution in [3.05, 3.63) is 30.6 Å². The van der Waals surface area contributed by atoms with Gasteiger partial charge in [-0.05, 0) is 31.0 Å². The minimum absolute atomic E-state index is 0.391. The highest BCUT2D eigenvalue weighted by atomic mass is 16.5. The van der Waals surface area contributed by atoms with Crippen LogP contribution < -0.4 is 10.6 Å². The molecule has 2 N–H and O–H groups in total. The second kappa shape index (κ2) is 5.19. The van der Waals surface area contributed by atoms with E-state index in [9.17, 15) is 0 Å². The first kappa shape index (κ1) is 12.9. The van der Waals surface area contributed by atoms with E-state index in [4.69, 9.17) is 10.5 Å². The molecular weight excluding hydrogens is 262 g/mol. The molecule has 2 unspecified atom stereocenters. The lowest BCUT2D eigenvalue weighted by Gasteiger charge is -2.45. The van der Waals surface area contributed by atoms with Crippen LogP contribution in [0, 0.1) is 0 Å². The molecule has 2 aromatic rings. The lowest BCUT2D eigenvalue weighted by Crippen LogP contribution is -2.52. The summed E-state index contributed by atoms with van der Waals surface area (Å²) in [5.74, 6) is 0. The molecule has 0 spiro atoms. The number of nitrogen functional groups attached to an aromatic ring is 1. The summed E-state index contributed by atoms with van der Waals surface area (Å²) in [5.41, 5.74) is 8.18. The molecule has 1 aliphatic carbocycles. The Labute approximate surface area is 124 Å². The van der Waals surface area contributed by atoms with Gasteiger partial charge in [0.25, 0.3) is 0 Å². The van der Waals surface area contributed by atoms with Gasteiger partial charge in [0.1, 0.15) is 0 Å². The summed E-state index contributed by atoms with van der Waals surface area (Å²) in [5, 5.41) is 2.25. The Morgan fingerprint density at radius 3 is 3.00 bits per heavy atom. The van der Waals surface area contributed by atoms with Crippen molar-refractivity contribution in [1.82, 2.24) is 4.98 Å². The van der Waals surface area contributed by atoms with E-state index in [0.717, 1.165) is 24.2 Å². The number of rotatable bonds is 1. The quantitative estimate of drug-likeness (QED) is 0.818. The summed E-state index contributed by atoms with van der Waals surface area (Å²) >= 11 is 0. The van der Waals surface area contributed by atoms with E-state index in [1.165, 1.54) is 36.8 Å². The van der Waals surface area contributed by atoms with Gasteiger partial charge in [-0.2, -0.15) is 0 Å². The van der Waals surface area contributed by atoms with E-state index in [0.29, 0.717) is 12.1 Å². The maximum atomic E-state index is 6.10. The fourth-order valence-corrected chi connectivity index (χ4v) is 3.84. The maximum absolute atomic E-state index is 6.10. The van der Waals surface area contributed by atoms with Crippen LogP contribution in [-0.2, 0) is 4.74 Å². The van der Waals surface area contributed by atoms with Gasteiger partial charge in [-0.15, -0.1) is 0 Å². The highest BCUT2D eigenvalue weighted by molar-refractivity contribution is 6.01. The summed E-state index contributed by atoms with van der Waals surface area (Å²) in [6.45, 7) is 1.78. The lowest BCUT2D eigenvalue weighted by molar-refractivity contribution is -0.00856. The van der Waals surface area contributed by atoms with Crippen LogP contribution in [0.4, 0.5) is 11.4 Å². The fraction of sp³-hybridized carbons (Fsp3) is 0.471. The molecule has 1 aromatic heterocycles. The van der Waals surface area contributed by atoms with Crippen molar-refractivity contribution in [1.29, 1.82) is 0 Å². The number of aromatic nitrogens is 1. The Bertz CT molecular complexity index is 656. The molecule has 1 saturated heterocycles. The number of fused-ring (bicyclic) bond motifs is 2. The topological polar surface area (TPSA) is 51.4 Å². The van der Waals surface area contributed by atoms with Crippen LogP contribution in [0.15, 0.2) is 30.6 Å². The van der Waals surface area contributed by atoms with E-state index < -0.39 is 0 Å². The first-order chi connectivity index (χ1) is 10.3.